The molecule has 9 nitrogen and oxygen atoms in total. The van der Waals surface area contributed by atoms with Gasteiger partial charge in [-0.2, -0.15) is 0 Å². The SMILES string of the molecule is Cc1c([C@@H](O)CN2CCC3(CC2)CC(=O)N(c2ncc(S(C)(=O)=O)s2)C3)ccc2c1COC2=O. The number of piperidine rings is 1. The summed E-state index contributed by atoms with van der Waals surface area (Å²) in [5, 5.41) is 11.4. The molecule has 0 aliphatic carbocycles. The van der Waals surface area contributed by atoms with Crippen molar-refractivity contribution in [3.63, 3.8) is 0 Å². The monoisotopic (exact) mass is 505 g/mol. The molecule has 0 unspecified atom stereocenters. The van der Waals surface area contributed by atoms with E-state index < -0.39 is 15.9 Å². The maximum Gasteiger partial charge on any atom is 0.338 e. The van der Waals surface area contributed by atoms with Gasteiger partial charge in [0.2, 0.25) is 5.91 Å². The zero-order valence-electron chi connectivity index (χ0n) is 19.1. The molecule has 5 rings (SSSR count). The number of aliphatic hydroxyl groups excluding tert-OH is 1. The van der Waals surface area contributed by atoms with E-state index >= 15 is 0 Å². The molecule has 1 aromatic heterocycles. The van der Waals surface area contributed by atoms with E-state index in [0.717, 1.165) is 60.2 Å². The van der Waals surface area contributed by atoms with Gasteiger partial charge in [-0.05, 0) is 55.5 Å². The van der Waals surface area contributed by atoms with Gasteiger partial charge >= 0.3 is 5.97 Å². The van der Waals surface area contributed by atoms with Crippen molar-refractivity contribution < 1.29 is 27.9 Å². The minimum absolute atomic E-state index is 0.0200. The fourth-order valence-electron chi connectivity index (χ4n) is 5.23. The van der Waals surface area contributed by atoms with Crippen molar-refractivity contribution in [3.8, 4) is 0 Å². The van der Waals surface area contributed by atoms with Crippen molar-refractivity contribution in [2.24, 2.45) is 5.41 Å². The molecule has 1 spiro atoms. The van der Waals surface area contributed by atoms with Crippen LogP contribution in [0, 0.1) is 12.3 Å². The van der Waals surface area contributed by atoms with Crippen molar-refractivity contribution in [1.82, 2.24) is 9.88 Å². The highest BCUT2D eigenvalue weighted by Gasteiger charge is 2.46. The van der Waals surface area contributed by atoms with E-state index in [1.54, 1.807) is 11.0 Å². The summed E-state index contributed by atoms with van der Waals surface area (Å²) in [6.45, 7) is 4.70. The summed E-state index contributed by atoms with van der Waals surface area (Å²) in [4.78, 5) is 32.6. The molecule has 0 bridgehead atoms. The molecule has 1 aromatic carbocycles. The zero-order valence-corrected chi connectivity index (χ0v) is 20.7. The summed E-state index contributed by atoms with van der Waals surface area (Å²) >= 11 is 1.04. The Morgan fingerprint density at radius 1 is 1.26 bits per heavy atom. The third-order valence-corrected chi connectivity index (χ3v) is 10.1. The normalized spacial score (nSPS) is 21.2. The van der Waals surface area contributed by atoms with Crippen molar-refractivity contribution in [2.75, 3.05) is 37.3 Å². The number of anilines is 1. The van der Waals surface area contributed by atoms with Crippen LogP contribution in [0.5, 0.6) is 0 Å². The van der Waals surface area contributed by atoms with Gasteiger partial charge in [0, 0.05) is 31.3 Å². The number of thiazole rings is 1. The number of esters is 1. The molecule has 182 valence electrons. The number of likely N-dealkylation sites (tertiary alicyclic amines) is 1. The molecule has 1 N–H and O–H groups in total. The van der Waals surface area contributed by atoms with Crippen LogP contribution in [0.4, 0.5) is 5.13 Å². The smallest absolute Gasteiger partial charge is 0.338 e. The molecule has 2 fully saturated rings. The molecular formula is C23H27N3O6S2. The first-order valence-corrected chi connectivity index (χ1v) is 13.9. The summed E-state index contributed by atoms with van der Waals surface area (Å²) in [6.07, 6.45) is 3.84. The van der Waals surface area contributed by atoms with Gasteiger partial charge < -0.3 is 14.7 Å². The van der Waals surface area contributed by atoms with E-state index in [-0.39, 0.29) is 28.1 Å². The number of nitrogens with zero attached hydrogens (tertiary/aromatic N) is 3. The molecule has 2 aromatic rings. The summed E-state index contributed by atoms with van der Waals surface area (Å²) < 4.78 is 28.8. The zero-order chi connectivity index (χ0) is 24.3. The van der Waals surface area contributed by atoms with Gasteiger partial charge in [0.25, 0.3) is 0 Å². The second-order valence-corrected chi connectivity index (χ2v) is 12.8. The number of ether oxygens (including phenoxy) is 1. The minimum atomic E-state index is -3.35. The second-order valence-electron chi connectivity index (χ2n) is 9.59. The average Bonchev–Trinajstić information content (AvgIpc) is 3.48. The maximum absolute atomic E-state index is 12.8. The molecule has 3 aliphatic heterocycles. The van der Waals surface area contributed by atoms with Gasteiger partial charge in [-0.25, -0.2) is 18.2 Å². The summed E-state index contributed by atoms with van der Waals surface area (Å²) in [7, 11) is -3.35. The Morgan fingerprint density at radius 2 is 2.00 bits per heavy atom. The Hall–Kier alpha value is -2.34. The first-order chi connectivity index (χ1) is 16.1. The standard InChI is InChI=1S/C23H27N3O6S2/c1-14-15(3-4-16-17(14)12-32-21(16)29)18(27)11-25-7-5-23(6-8-25)9-19(28)26(13-23)22-24-10-20(33-22)34(2,30)31/h3-4,10,18,27H,5-9,11-13H2,1-2H3/t18-/m0/s1. The summed E-state index contributed by atoms with van der Waals surface area (Å²) in [5.74, 6) is -0.334. The van der Waals surface area contributed by atoms with E-state index in [0.29, 0.717) is 30.2 Å². The summed E-state index contributed by atoms with van der Waals surface area (Å²) in [5.41, 5.74) is 2.98. The molecule has 11 heteroatoms. The third-order valence-electron chi connectivity index (χ3n) is 7.30. The molecule has 1 atom stereocenters. The van der Waals surface area contributed by atoms with Crippen molar-refractivity contribution in [3.05, 3.63) is 40.6 Å². The number of rotatable bonds is 5. The number of hydrogen-bond acceptors (Lipinski definition) is 9. The number of β-amino-alcohol motifs (C(OH)–C–C–N with tert-alkyl or cyclic N) is 1. The lowest BCUT2D eigenvalue weighted by Gasteiger charge is -2.39. The van der Waals surface area contributed by atoms with Crippen LogP contribution in [0.3, 0.4) is 0 Å². The molecule has 2 saturated heterocycles. The number of hydrogen-bond donors (Lipinski definition) is 1. The fraction of sp³-hybridized carbons (Fsp3) is 0.522. The lowest BCUT2D eigenvalue weighted by atomic mass is 9.77. The number of aromatic nitrogens is 1. The van der Waals surface area contributed by atoms with Crippen LogP contribution in [0.2, 0.25) is 0 Å². The molecule has 3 aliphatic rings. The molecular weight excluding hydrogens is 478 g/mol. The van der Waals surface area contributed by atoms with Crippen LogP contribution in [-0.4, -0.2) is 67.7 Å². The van der Waals surface area contributed by atoms with Gasteiger partial charge in [-0.1, -0.05) is 17.4 Å². The van der Waals surface area contributed by atoms with Crippen molar-refractivity contribution in [1.29, 1.82) is 0 Å². The van der Waals surface area contributed by atoms with Gasteiger partial charge in [0.1, 0.15) is 10.8 Å². The first kappa shape index (κ1) is 23.4. The molecule has 1 amide bonds. The Balaban J connectivity index is 1.22. The highest BCUT2D eigenvalue weighted by molar-refractivity contribution is 7.92. The minimum Gasteiger partial charge on any atom is -0.457 e. The third kappa shape index (κ3) is 4.15. The number of sulfone groups is 1. The number of carbonyl (C=O) groups is 2. The second kappa shape index (κ2) is 8.40. The lowest BCUT2D eigenvalue weighted by Crippen LogP contribution is -2.43. The van der Waals surface area contributed by atoms with Crippen molar-refractivity contribution in [2.45, 2.75) is 43.1 Å². The lowest BCUT2D eigenvalue weighted by molar-refractivity contribution is -0.118. The van der Waals surface area contributed by atoms with E-state index in [1.807, 2.05) is 13.0 Å². The molecule has 34 heavy (non-hydrogen) atoms. The van der Waals surface area contributed by atoms with Crippen LogP contribution in [-0.2, 0) is 26.0 Å². The largest absolute Gasteiger partial charge is 0.457 e. The fourth-order valence-corrected chi connectivity index (χ4v) is 6.97. The molecule has 0 saturated carbocycles. The van der Waals surface area contributed by atoms with Crippen LogP contribution in [0.25, 0.3) is 0 Å². The van der Waals surface area contributed by atoms with Gasteiger partial charge in [-0.3, -0.25) is 9.69 Å². The predicted octanol–water partition coefficient (Wildman–Crippen LogP) is 2.08. The first-order valence-electron chi connectivity index (χ1n) is 11.2. The number of cyclic esters (lactones) is 1. The van der Waals surface area contributed by atoms with Crippen molar-refractivity contribution >= 4 is 38.2 Å². The molecule has 0 radical (unpaired) electrons. The van der Waals surface area contributed by atoms with Gasteiger partial charge in [0.05, 0.1) is 17.9 Å². The number of fused-ring (bicyclic) bond motifs is 1. The highest BCUT2D eigenvalue weighted by atomic mass is 32.2. The van der Waals surface area contributed by atoms with Crippen LogP contribution >= 0.6 is 11.3 Å². The summed E-state index contributed by atoms with van der Waals surface area (Å²) in [6, 6.07) is 3.54. The number of aliphatic hydroxyl groups is 1. The number of carbonyl (C=O) groups excluding carboxylic acids is 2. The van der Waals surface area contributed by atoms with Crippen LogP contribution in [0.15, 0.2) is 22.5 Å². The number of benzene rings is 1. The van der Waals surface area contributed by atoms with E-state index in [2.05, 4.69) is 9.88 Å². The van der Waals surface area contributed by atoms with E-state index in [1.165, 1.54) is 6.20 Å². The Kier molecular flexibility index (Phi) is 5.78. The van der Waals surface area contributed by atoms with E-state index in [4.69, 9.17) is 4.74 Å². The van der Waals surface area contributed by atoms with E-state index in [9.17, 15) is 23.1 Å². The van der Waals surface area contributed by atoms with Gasteiger partial charge in [-0.15, -0.1) is 0 Å². The average molecular weight is 506 g/mol. The van der Waals surface area contributed by atoms with Gasteiger partial charge in [0.15, 0.2) is 15.0 Å². The Morgan fingerprint density at radius 3 is 2.68 bits per heavy atom. The Labute approximate surface area is 202 Å². The Bertz CT molecular complexity index is 1260. The quantitative estimate of drug-likeness (QED) is 0.614. The number of amides is 1. The maximum atomic E-state index is 12.8. The molecule has 4 heterocycles. The van der Waals surface area contributed by atoms with Crippen LogP contribution < -0.4 is 4.90 Å². The topological polar surface area (TPSA) is 117 Å². The van der Waals surface area contributed by atoms with Crippen LogP contribution in [0.1, 0.15) is 52.4 Å². The predicted molar refractivity (Wildman–Crippen MR) is 126 cm³/mol. The highest BCUT2D eigenvalue weighted by Crippen LogP contribution is 2.44.